The van der Waals surface area contributed by atoms with E-state index in [1.807, 2.05) is 0 Å². The van der Waals surface area contributed by atoms with Gasteiger partial charge in [-0.3, -0.25) is 9.59 Å². The summed E-state index contributed by atoms with van der Waals surface area (Å²) in [6.07, 6.45) is 0. The van der Waals surface area contributed by atoms with E-state index >= 15 is 0 Å². The minimum Gasteiger partial charge on any atom is -0.480 e. The molecule has 1 unspecified atom stereocenters. The average molecular weight is 254 g/mol. The SMILES string of the molecule is C[C@@H](NF)C(=O)C(c1ccccc1)[C@H](N)C(=O)O. The van der Waals surface area contributed by atoms with E-state index in [0.717, 1.165) is 0 Å². The van der Waals surface area contributed by atoms with E-state index in [4.69, 9.17) is 10.8 Å². The van der Waals surface area contributed by atoms with E-state index in [0.29, 0.717) is 5.56 Å². The highest BCUT2D eigenvalue weighted by Crippen LogP contribution is 2.21. The van der Waals surface area contributed by atoms with Crippen molar-refractivity contribution in [2.24, 2.45) is 5.73 Å². The molecule has 0 aliphatic heterocycles. The van der Waals surface area contributed by atoms with Crippen LogP contribution < -0.4 is 11.3 Å². The van der Waals surface area contributed by atoms with Crippen LogP contribution in [0.3, 0.4) is 0 Å². The zero-order valence-corrected chi connectivity index (χ0v) is 9.84. The Morgan fingerprint density at radius 2 is 1.89 bits per heavy atom. The van der Waals surface area contributed by atoms with Crippen LogP contribution in [0.25, 0.3) is 0 Å². The van der Waals surface area contributed by atoms with Gasteiger partial charge in [0.05, 0.1) is 12.0 Å². The van der Waals surface area contributed by atoms with E-state index in [1.54, 1.807) is 30.3 Å². The standard InChI is InChI=1S/C12H15FN2O3/c1-7(15-13)11(16)9(10(14)12(17)18)8-5-3-2-4-6-8/h2-7,9-10,15H,14H2,1H3,(H,17,18)/t7-,9?,10+/m1/s1. The van der Waals surface area contributed by atoms with Crippen LogP contribution in [0.4, 0.5) is 4.48 Å². The predicted molar refractivity (Wildman–Crippen MR) is 63.5 cm³/mol. The van der Waals surface area contributed by atoms with Crippen molar-refractivity contribution in [3.8, 4) is 0 Å². The molecule has 6 heteroatoms. The first-order valence-electron chi connectivity index (χ1n) is 5.42. The normalized spacial score (nSPS) is 15.7. The van der Waals surface area contributed by atoms with Crippen molar-refractivity contribution in [1.82, 2.24) is 5.54 Å². The summed E-state index contributed by atoms with van der Waals surface area (Å²) in [4.78, 5) is 22.9. The molecule has 0 aromatic heterocycles. The van der Waals surface area contributed by atoms with E-state index in [9.17, 15) is 14.1 Å². The van der Waals surface area contributed by atoms with Crippen molar-refractivity contribution in [3.63, 3.8) is 0 Å². The summed E-state index contributed by atoms with van der Waals surface area (Å²) < 4.78 is 12.3. The Morgan fingerprint density at radius 1 is 1.33 bits per heavy atom. The molecule has 1 rings (SSSR count). The smallest absolute Gasteiger partial charge is 0.321 e. The highest BCUT2D eigenvalue weighted by Gasteiger charge is 2.34. The van der Waals surface area contributed by atoms with Crippen molar-refractivity contribution >= 4 is 11.8 Å². The van der Waals surface area contributed by atoms with Crippen LogP contribution >= 0.6 is 0 Å². The van der Waals surface area contributed by atoms with Gasteiger partial charge in [-0.1, -0.05) is 30.3 Å². The van der Waals surface area contributed by atoms with Crippen LogP contribution in [-0.2, 0) is 9.59 Å². The van der Waals surface area contributed by atoms with Gasteiger partial charge in [0, 0.05) is 0 Å². The maximum Gasteiger partial charge on any atom is 0.321 e. The van der Waals surface area contributed by atoms with Crippen molar-refractivity contribution < 1.29 is 19.2 Å². The largest absolute Gasteiger partial charge is 0.480 e. The second-order valence-electron chi connectivity index (χ2n) is 3.99. The Labute approximate surface area is 104 Å². The quantitative estimate of drug-likeness (QED) is 0.647. The molecule has 0 aliphatic carbocycles. The molecule has 4 N–H and O–H groups in total. The number of rotatable bonds is 6. The number of hydrogen-bond acceptors (Lipinski definition) is 4. The third-order valence-electron chi connectivity index (χ3n) is 2.70. The lowest BCUT2D eigenvalue weighted by Crippen LogP contribution is -2.45. The van der Waals surface area contributed by atoms with Crippen LogP contribution in [0.15, 0.2) is 30.3 Å². The number of hydrogen-bond donors (Lipinski definition) is 3. The van der Waals surface area contributed by atoms with Crippen molar-refractivity contribution in [2.75, 3.05) is 0 Å². The highest BCUT2D eigenvalue weighted by atomic mass is 19.2. The van der Waals surface area contributed by atoms with Crippen molar-refractivity contribution in [2.45, 2.75) is 24.9 Å². The second-order valence-corrected chi connectivity index (χ2v) is 3.99. The van der Waals surface area contributed by atoms with E-state index < -0.39 is 29.8 Å². The van der Waals surface area contributed by atoms with Crippen LogP contribution in [0, 0.1) is 0 Å². The van der Waals surface area contributed by atoms with Gasteiger partial charge in [-0.2, -0.15) is 0 Å². The van der Waals surface area contributed by atoms with E-state index in [1.165, 1.54) is 12.5 Å². The van der Waals surface area contributed by atoms with Gasteiger partial charge in [-0.15, -0.1) is 10.0 Å². The van der Waals surface area contributed by atoms with Gasteiger partial charge in [0.25, 0.3) is 0 Å². The molecule has 0 saturated carbocycles. The van der Waals surface area contributed by atoms with Gasteiger partial charge in [0.2, 0.25) is 0 Å². The molecule has 0 aliphatic rings. The van der Waals surface area contributed by atoms with E-state index in [-0.39, 0.29) is 0 Å². The summed E-state index contributed by atoms with van der Waals surface area (Å²) in [6, 6.07) is 5.73. The average Bonchev–Trinajstić information content (AvgIpc) is 2.38. The number of carbonyl (C=O) groups is 2. The Bertz CT molecular complexity index is 425. The van der Waals surface area contributed by atoms with Gasteiger partial charge < -0.3 is 10.8 Å². The zero-order chi connectivity index (χ0) is 13.7. The molecule has 0 fully saturated rings. The third kappa shape index (κ3) is 3.12. The maximum absolute atomic E-state index is 12.3. The molecule has 0 bridgehead atoms. The fourth-order valence-electron chi connectivity index (χ4n) is 1.67. The third-order valence-corrected chi connectivity index (χ3v) is 2.70. The van der Waals surface area contributed by atoms with Gasteiger partial charge >= 0.3 is 5.97 Å². The zero-order valence-electron chi connectivity index (χ0n) is 9.84. The summed E-state index contributed by atoms with van der Waals surface area (Å²) >= 11 is 0. The minimum atomic E-state index is -1.41. The lowest BCUT2D eigenvalue weighted by Gasteiger charge is -2.22. The fourth-order valence-corrected chi connectivity index (χ4v) is 1.67. The Morgan fingerprint density at radius 3 is 2.33 bits per heavy atom. The monoisotopic (exact) mass is 254 g/mol. The number of aliphatic carboxylic acids is 1. The molecule has 1 aromatic rings. The summed E-state index contributed by atoms with van der Waals surface area (Å²) in [7, 11) is 0. The van der Waals surface area contributed by atoms with Crippen molar-refractivity contribution in [1.29, 1.82) is 0 Å². The fraction of sp³-hybridized carbons (Fsp3) is 0.333. The Kier molecular flexibility index (Phi) is 4.94. The number of nitrogens with two attached hydrogens (primary N) is 1. The van der Waals surface area contributed by atoms with Gasteiger partial charge in [0.15, 0.2) is 5.78 Å². The number of ketones is 1. The van der Waals surface area contributed by atoms with Gasteiger partial charge in [0.1, 0.15) is 6.04 Å². The molecular weight excluding hydrogens is 239 g/mol. The highest BCUT2D eigenvalue weighted by molar-refractivity contribution is 5.95. The molecule has 3 atom stereocenters. The number of carbonyl (C=O) groups excluding carboxylic acids is 1. The van der Waals surface area contributed by atoms with Crippen LogP contribution in [-0.4, -0.2) is 28.9 Å². The lowest BCUT2D eigenvalue weighted by molar-refractivity contribution is -0.141. The van der Waals surface area contributed by atoms with Gasteiger partial charge in [-0.05, 0) is 12.5 Å². The van der Waals surface area contributed by atoms with E-state index in [2.05, 4.69) is 0 Å². The van der Waals surface area contributed by atoms with Crippen LogP contribution in [0.2, 0.25) is 0 Å². The topological polar surface area (TPSA) is 92.4 Å². The van der Waals surface area contributed by atoms with Crippen LogP contribution in [0.1, 0.15) is 18.4 Å². The number of halogens is 1. The molecular formula is C12H15FN2O3. The maximum atomic E-state index is 12.3. The number of Topliss-reactive ketones (excluding diaryl/α,β-unsaturated/α-hetero) is 1. The number of nitrogens with one attached hydrogen (secondary N) is 1. The minimum absolute atomic E-state index is 0.458. The molecule has 98 valence electrons. The first kappa shape index (κ1) is 14.3. The Hall–Kier alpha value is -1.79. The van der Waals surface area contributed by atoms with Gasteiger partial charge in [-0.25, -0.2) is 0 Å². The molecule has 0 amide bonds. The lowest BCUT2D eigenvalue weighted by atomic mass is 9.85. The first-order valence-corrected chi connectivity index (χ1v) is 5.42. The molecule has 18 heavy (non-hydrogen) atoms. The summed E-state index contributed by atoms with van der Waals surface area (Å²) in [5.41, 5.74) is 7.28. The summed E-state index contributed by atoms with van der Waals surface area (Å²) in [5, 5.41) is 8.93. The van der Waals surface area contributed by atoms with Crippen LogP contribution in [0.5, 0.6) is 0 Å². The number of benzene rings is 1. The molecule has 0 heterocycles. The first-order chi connectivity index (χ1) is 8.49. The number of carboxylic acid groups (broad SMARTS) is 1. The molecule has 5 nitrogen and oxygen atoms in total. The molecule has 0 saturated heterocycles. The Balaban J connectivity index is 3.11. The van der Waals surface area contributed by atoms with Crippen molar-refractivity contribution in [3.05, 3.63) is 35.9 Å². The molecule has 1 aromatic carbocycles. The predicted octanol–water partition coefficient (Wildman–Crippen LogP) is 0.614. The second kappa shape index (κ2) is 6.23. The summed E-state index contributed by atoms with van der Waals surface area (Å²) in [6.45, 7) is 1.31. The number of carboxylic acids is 1. The molecule has 0 radical (unpaired) electrons. The molecule has 0 spiro atoms. The summed E-state index contributed by atoms with van der Waals surface area (Å²) in [5.74, 6) is -2.98.